The molecule has 2 N–H and O–H groups in total. The van der Waals surface area contributed by atoms with Crippen LogP contribution in [-0.4, -0.2) is 26.5 Å². The Balaban J connectivity index is 1.59. The van der Waals surface area contributed by atoms with Crippen LogP contribution < -0.4 is 10.6 Å². The molecule has 9 nitrogen and oxygen atoms in total. The highest BCUT2D eigenvalue weighted by Crippen LogP contribution is 2.39. The van der Waals surface area contributed by atoms with Crippen molar-refractivity contribution in [2.75, 3.05) is 10.6 Å². The molecule has 0 fully saturated rings. The third-order valence-corrected chi connectivity index (χ3v) is 5.36. The van der Waals surface area contributed by atoms with Crippen LogP contribution in [0.5, 0.6) is 0 Å². The highest BCUT2D eigenvalue weighted by atomic mass is 19.1. The Morgan fingerprint density at radius 1 is 1.28 bits per heavy atom. The summed E-state index contributed by atoms with van der Waals surface area (Å²) in [6.45, 7) is 3.52. The lowest BCUT2D eigenvalue weighted by molar-refractivity contribution is -0.385. The predicted octanol–water partition coefficient (Wildman–Crippen LogP) is 3.99. The number of nitrogens with one attached hydrogen (secondary N) is 2. The molecule has 0 bridgehead atoms. The van der Waals surface area contributed by atoms with Gasteiger partial charge in [0, 0.05) is 22.9 Å². The van der Waals surface area contributed by atoms with E-state index in [0.717, 1.165) is 0 Å². The Bertz CT molecular complexity index is 1240. The van der Waals surface area contributed by atoms with Crippen molar-refractivity contribution in [1.82, 2.24) is 9.78 Å². The Morgan fingerprint density at radius 2 is 2.00 bits per heavy atom. The molecule has 0 saturated heterocycles. The van der Waals surface area contributed by atoms with Gasteiger partial charge in [-0.2, -0.15) is 5.10 Å². The van der Waals surface area contributed by atoms with Crippen LogP contribution in [0, 0.1) is 22.9 Å². The number of benzene rings is 2. The van der Waals surface area contributed by atoms with Crippen LogP contribution in [0.4, 0.5) is 21.6 Å². The Morgan fingerprint density at radius 3 is 2.66 bits per heavy atom. The van der Waals surface area contributed by atoms with Crippen LogP contribution in [0.15, 0.2) is 42.5 Å². The number of halogens is 1. The molecule has 32 heavy (non-hydrogen) atoms. The fourth-order valence-electron chi connectivity index (χ4n) is 3.76. The average molecular weight is 437 g/mol. The lowest BCUT2D eigenvalue weighted by Gasteiger charge is -2.10. The number of anilines is 2. The van der Waals surface area contributed by atoms with Gasteiger partial charge in [0.25, 0.3) is 11.6 Å². The minimum Gasteiger partial charge on any atom is -0.326 e. The van der Waals surface area contributed by atoms with Crippen LogP contribution in [0.2, 0.25) is 0 Å². The van der Waals surface area contributed by atoms with E-state index < -0.39 is 16.9 Å². The molecule has 4 rings (SSSR count). The van der Waals surface area contributed by atoms with E-state index in [1.54, 1.807) is 31.2 Å². The Hall–Kier alpha value is -4.08. The lowest BCUT2D eigenvalue weighted by atomic mass is 10.0. The summed E-state index contributed by atoms with van der Waals surface area (Å²) in [4.78, 5) is 35.8. The summed E-state index contributed by atoms with van der Waals surface area (Å²) < 4.78 is 14.8. The maximum atomic E-state index is 13.4. The van der Waals surface area contributed by atoms with E-state index in [9.17, 15) is 24.1 Å². The molecule has 3 aromatic rings. The van der Waals surface area contributed by atoms with Crippen LogP contribution >= 0.6 is 0 Å². The number of rotatable bonds is 6. The van der Waals surface area contributed by atoms with Crippen molar-refractivity contribution in [2.24, 2.45) is 0 Å². The topological polar surface area (TPSA) is 119 Å². The fraction of sp³-hybridized carbons (Fsp3) is 0.227. The van der Waals surface area contributed by atoms with Crippen molar-refractivity contribution in [1.29, 1.82) is 0 Å². The summed E-state index contributed by atoms with van der Waals surface area (Å²) in [5.74, 6) is -0.774. The summed E-state index contributed by atoms with van der Waals surface area (Å²) in [6.07, 6.45) is 0.378. The number of hydrogen-bond acceptors (Lipinski definition) is 5. The summed E-state index contributed by atoms with van der Waals surface area (Å²) >= 11 is 0. The van der Waals surface area contributed by atoms with Gasteiger partial charge in [0.1, 0.15) is 17.7 Å². The summed E-state index contributed by atoms with van der Waals surface area (Å²) in [5, 5.41) is 21.0. The number of hydrogen-bond donors (Lipinski definition) is 2. The number of amides is 2. The maximum Gasteiger partial charge on any atom is 0.274 e. The highest BCUT2D eigenvalue weighted by Gasteiger charge is 2.36. The standard InChI is InChI=1S/C22H20FN5O4/c1-3-16-20(13-5-7-14(23)8-6-13)21-25-22(30)18(27(21)26-16)11-19(29)24-15-9-4-12(2)17(10-15)28(31)32/h4-10,18H,3,11H2,1-2H3,(H,24,29)(H,25,30). The molecule has 1 aromatic heterocycles. The number of nitro benzene ring substituents is 1. The number of carbonyl (C=O) groups is 2. The van der Waals surface area contributed by atoms with Gasteiger partial charge in [0.15, 0.2) is 0 Å². The molecule has 0 radical (unpaired) electrons. The van der Waals surface area contributed by atoms with Gasteiger partial charge in [0.2, 0.25) is 5.91 Å². The van der Waals surface area contributed by atoms with E-state index in [2.05, 4.69) is 15.7 Å². The Kier molecular flexibility index (Phi) is 5.43. The maximum absolute atomic E-state index is 13.4. The SMILES string of the molecule is CCc1nn2c(c1-c1ccc(F)cc1)NC(=O)C2CC(=O)Nc1ccc(C)c([N+](=O)[O-])c1. The van der Waals surface area contributed by atoms with Gasteiger partial charge in [-0.3, -0.25) is 19.7 Å². The monoisotopic (exact) mass is 437 g/mol. The van der Waals surface area contributed by atoms with E-state index >= 15 is 0 Å². The molecule has 0 saturated carbocycles. The normalized spacial score (nSPS) is 14.7. The van der Waals surface area contributed by atoms with Crippen molar-refractivity contribution in [2.45, 2.75) is 32.7 Å². The van der Waals surface area contributed by atoms with Crippen LogP contribution in [0.3, 0.4) is 0 Å². The molecule has 2 heterocycles. The molecule has 1 unspecified atom stereocenters. The first kappa shape index (κ1) is 21.2. The quantitative estimate of drug-likeness (QED) is 0.446. The van der Waals surface area contributed by atoms with Crippen molar-refractivity contribution in [3.8, 4) is 11.1 Å². The number of aromatic nitrogens is 2. The van der Waals surface area contributed by atoms with Crippen molar-refractivity contribution in [3.63, 3.8) is 0 Å². The Labute approximate surface area is 182 Å². The molecule has 0 spiro atoms. The second-order valence-corrected chi connectivity index (χ2v) is 7.49. The van der Waals surface area contributed by atoms with E-state index in [4.69, 9.17) is 0 Å². The van der Waals surface area contributed by atoms with Crippen LogP contribution in [0.1, 0.15) is 30.6 Å². The van der Waals surface area contributed by atoms with Crippen molar-refractivity contribution >= 4 is 29.0 Å². The van der Waals surface area contributed by atoms with Crippen LogP contribution in [-0.2, 0) is 16.0 Å². The minimum absolute atomic E-state index is 0.104. The second kappa shape index (κ2) is 8.22. The molecule has 10 heteroatoms. The molecule has 2 aromatic carbocycles. The second-order valence-electron chi connectivity index (χ2n) is 7.49. The molecular weight excluding hydrogens is 417 g/mol. The molecular formula is C22H20FN5O4. The summed E-state index contributed by atoms with van der Waals surface area (Å²) in [6, 6.07) is 9.42. The van der Waals surface area contributed by atoms with E-state index in [1.165, 1.54) is 22.9 Å². The van der Waals surface area contributed by atoms with Gasteiger partial charge in [0.05, 0.1) is 17.0 Å². The van der Waals surface area contributed by atoms with Gasteiger partial charge in [-0.15, -0.1) is 0 Å². The van der Waals surface area contributed by atoms with Gasteiger partial charge >= 0.3 is 0 Å². The first-order valence-electron chi connectivity index (χ1n) is 10.0. The first-order valence-corrected chi connectivity index (χ1v) is 10.0. The van der Waals surface area contributed by atoms with Gasteiger partial charge in [-0.1, -0.05) is 25.1 Å². The molecule has 164 valence electrons. The molecule has 0 aliphatic carbocycles. The molecule has 2 amide bonds. The average Bonchev–Trinajstić information content (AvgIpc) is 3.25. The third-order valence-electron chi connectivity index (χ3n) is 5.36. The van der Waals surface area contributed by atoms with Crippen molar-refractivity contribution in [3.05, 3.63) is 69.7 Å². The number of carbonyl (C=O) groups excluding carboxylic acids is 2. The third kappa shape index (κ3) is 3.82. The highest BCUT2D eigenvalue weighted by molar-refractivity contribution is 6.04. The van der Waals surface area contributed by atoms with E-state index in [1.807, 2.05) is 6.92 Å². The fourth-order valence-corrected chi connectivity index (χ4v) is 3.76. The van der Waals surface area contributed by atoms with Crippen molar-refractivity contribution < 1.29 is 18.9 Å². The predicted molar refractivity (Wildman–Crippen MR) is 116 cm³/mol. The van der Waals surface area contributed by atoms with Gasteiger partial charge in [-0.05, 0) is 37.1 Å². The molecule has 1 atom stereocenters. The molecule has 1 aliphatic heterocycles. The van der Waals surface area contributed by atoms with Gasteiger partial charge in [-0.25, -0.2) is 9.07 Å². The number of aryl methyl sites for hydroxylation is 2. The summed E-state index contributed by atoms with van der Waals surface area (Å²) in [5.41, 5.74) is 2.76. The molecule has 1 aliphatic rings. The van der Waals surface area contributed by atoms with E-state index in [0.29, 0.717) is 34.6 Å². The number of nitrogens with zero attached hydrogens (tertiary/aromatic N) is 3. The first-order chi connectivity index (χ1) is 15.3. The minimum atomic E-state index is -0.870. The van der Waals surface area contributed by atoms with Gasteiger partial charge < -0.3 is 10.6 Å². The van der Waals surface area contributed by atoms with E-state index in [-0.39, 0.29) is 29.5 Å². The largest absolute Gasteiger partial charge is 0.326 e. The zero-order valence-electron chi connectivity index (χ0n) is 17.4. The van der Waals surface area contributed by atoms with Crippen LogP contribution in [0.25, 0.3) is 11.1 Å². The zero-order valence-corrected chi connectivity index (χ0v) is 17.4. The smallest absolute Gasteiger partial charge is 0.274 e. The number of nitro groups is 1. The number of fused-ring (bicyclic) bond motifs is 1. The zero-order chi connectivity index (χ0) is 23.0. The lowest BCUT2D eigenvalue weighted by Crippen LogP contribution is -2.24. The summed E-state index contributed by atoms with van der Waals surface area (Å²) in [7, 11) is 0.